The van der Waals surface area contributed by atoms with Crippen LogP contribution in [0.5, 0.6) is 0 Å². The van der Waals surface area contributed by atoms with Crippen molar-refractivity contribution in [3.63, 3.8) is 0 Å². The Labute approximate surface area is 142 Å². The van der Waals surface area contributed by atoms with E-state index in [1.807, 2.05) is 31.2 Å². The van der Waals surface area contributed by atoms with E-state index in [0.717, 1.165) is 12.0 Å². The Kier molecular flexibility index (Phi) is 8.25. The maximum atomic E-state index is 11.6. The molecule has 0 heterocycles. The van der Waals surface area contributed by atoms with E-state index in [2.05, 4.69) is 24.5 Å². The molecule has 0 saturated carbocycles. The lowest BCUT2D eigenvalue weighted by Crippen LogP contribution is -2.41. The number of imide groups is 1. The van der Waals surface area contributed by atoms with E-state index in [-0.39, 0.29) is 0 Å². The molecule has 0 bridgehead atoms. The molecule has 2 N–H and O–H groups in total. The monoisotopic (exact) mass is 332 g/mol. The second kappa shape index (κ2) is 10.2. The van der Waals surface area contributed by atoms with Crippen LogP contribution < -0.4 is 10.6 Å². The van der Waals surface area contributed by atoms with E-state index >= 15 is 0 Å². The molecule has 1 rings (SSSR count). The molecule has 0 radical (unpaired) electrons. The van der Waals surface area contributed by atoms with Crippen molar-refractivity contribution in [3.05, 3.63) is 41.5 Å². The van der Waals surface area contributed by atoms with Crippen LogP contribution in [0.4, 0.5) is 4.79 Å². The van der Waals surface area contributed by atoms with E-state index in [4.69, 9.17) is 4.74 Å². The van der Waals surface area contributed by atoms with Gasteiger partial charge in [0.05, 0.1) is 0 Å². The predicted molar refractivity (Wildman–Crippen MR) is 92.4 cm³/mol. The molecule has 3 amide bonds. The summed E-state index contributed by atoms with van der Waals surface area (Å²) in [5.41, 5.74) is 2.08. The van der Waals surface area contributed by atoms with E-state index < -0.39 is 24.5 Å². The number of carbonyl (C=O) groups excluding carboxylic acids is 3. The molecule has 1 aromatic rings. The fourth-order valence-electron chi connectivity index (χ4n) is 1.79. The zero-order chi connectivity index (χ0) is 17.9. The van der Waals surface area contributed by atoms with Crippen LogP contribution in [0.25, 0.3) is 6.08 Å². The number of rotatable bonds is 7. The Morgan fingerprint density at radius 2 is 1.83 bits per heavy atom. The Balaban J connectivity index is 2.37. The molecule has 1 aromatic carbocycles. The maximum absolute atomic E-state index is 11.6. The molecule has 0 aliphatic rings. The molecule has 0 atom stereocenters. The Morgan fingerprint density at radius 1 is 1.17 bits per heavy atom. The van der Waals surface area contributed by atoms with Crippen molar-refractivity contribution in [2.75, 3.05) is 13.2 Å². The number of benzene rings is 1. The van der Waals surface area contributed by atoms with Gasteiger partial charge in [-0.15, -0.1) is 0 Å². The molecule has 0 unspecified atom stereocenters. The van der Waals surface area contributed by atoms with Gasteiger partial charge in [0.1, 0.15) is 0 Å². The first kappa shape index (κ1) is 19.4. The first-order chi connectivity index (χ1) is 11.4. The summed E-state index contributed by atoms with van der Waals surface area (Å²) in [6, 6.07) is 7.21. The normalized spacial score (nSPS) is 10.7. The first-order valence-corrected chi connectivity index (χ1v) is 7.94. The first-order valence-electron chi connectivity index (χ1n) is 7.94. The fourth-order valence-corrected chi connectivity index (χ4v) is 1.79. The number of hydrogen-bond acceptors (Lipinski definition) is 4. The number of amides is 3. The van der Waals surface area contributed by atoms with Crippen LogP contribution >= 0.6 is 0 Å². The predicted octanol–water partition coefficient (Wildman–Crippen LogP) is 2.60. The number of urea groups is 1. The summed E-state index contributed by atoms with van der Waals surface area (Å²) in [7, 11) is 0. The Morgan fingerprint density at radius 3 is 2.42 bits per heavy atom. The fraction of sp³-hybridized carbons (Fsp3) is 0.389. The number of hydrogen-bond donors (Lipinski definition) is 2. The average molecular weight is 332 g/mol. The highest BCUT2D eigenvalue weighted by Gasteiger charge is 2.08. The van der Waals surface area contributed by atoms with Crippen molar-refractivity contribution in [1.29, 1.82) is 0 Å². The van der Waals surface area contributed by atoms with Crippen LogP contribution in [-0.4, -0.2) is 31.1 Å². The minimum atomic E-state index is -0.674. The molecule has 6 heteroatoms. The molecule has 24 heavy (non-hydrogen) atoms. The van der Waals surface area contributed by atoms with Gasteiger partial charge in [-0.3, -0.25) is 10.1 Å². The molecule has 130 valence electrons. The third-order valence-corrected chi connectivity index (χ3v) is 3.15. The summed E-state index contributed by atoms with van der Waals surface area (Å²) < 4.78 is 4.78. The van der Waals surface area contributed by atoms with Crippen LogP contribution in [0.2, 0.25) is 0 Å². The molecular formula is C18H24N2O4. The summed E-state index contributed by atoms with van der Waals surface area (Å²) >= 11 is 0. The molecular weight excluding hydrogens is 308 g/mol. The molecule has 0 aromatic heterocycles. The van der Waals surface area contributed by atoms with Crippen molar-refractivity contribution in [2.45, 2.75) is 33.1 Å². The van der Waals surface area contributed by atoms with Crippen LogP contribution in [0, 0.1) is 0 Å². The van der Waals surface area contributed by atoms with Gasteiger partial charge in [0.25, 0.3) is 5.91 Å². The zero-order valence-corrected chi connectivity index (χ0v) is 14.3. The number of esters is 1. The van der Waals surface area contributed by atoms with E-state index in [1.165, 1.54) is 11.6 Å². The Hall–Kier alpha value is -2.63. The summed E-state index contributed by atoms with van der Waals surface area (Å²) in [6.45, 7) is 6.07. The van der Waals surface area contributed by atoms with Crippen LogP contribution in [0.3, 0.4) is 0 Å². The van der Waals surface area contributed by atoms with E-state index in [9.17, 15) is 14.4 Å². The summed E-state index contributed by atoms with van der Waals surface area (Å²) in [5, 5.41) is 4.55. The van der Waals surface area contributed by atoms with Crippen molar-refractivity contribution < 1.29 is 19.1 Å². The lowest BCUT2D eigenvalue weighted by molar-refractivity contribution is -0.143. The van der Waals surface area contributed by atoms with Gasteiger partial charge in [0, 0.05) is 12.6 Å². The minimum Gasteiger partial charge on any atom is -0.452 e. The smallest absolute Gasteiger partial charge is 0.331 e. The lowest BCUT2D eigenvalue weighted by atomic mass is 10.0. The Bertz CT molecular complexity index is 592. The van der Waals surface area contributed by atoms with Gasteiger partial charge < -0.3 is 10.1 Å². The molecule has 0 spiro atoms. The SMILES string of the molecule is CCCNC(=O)NC(=O)COC(=O)C=Cc1ccc(C(C)C)cc1. The van der Waals surface area contributed by atoms with Crippen molar-refractivity contribution in [1.82, 2.24) is 10.6 Å². The third-order valence-electron chi connectivity index (χ3n) is 3.15. The highest BCUT2D eigenvalue weighted by atomic mass is 16.5. The van der Waals surface area contributed by atoms with Gasteiger partial charge in [-0.1, -0.05) is 45.0 Å². The van der Waals surface area contributed by atoms with E-state index in [0.29, 0.717) is 12.5 Å². The summed E-state index contributed by atoms with van der Waals surface area (Å²) in [4.78, 5) is 34.2. The topological polar surface area (TPSA) is 84.5 Å². The van der Waals surface area contributed by atoms with Gasteiger partial charge in [-0.25, -0.2) is 9.59 Å². The van der Waals surface area contributed by atoms with Gasteiger partial charge in [0.2, 0.25) is 0 Å². The lowest BCUT2D eigenvalue weighted by Gasteiger charge is -2.05. The summed E-state index contributed by atoms with van der Waals surface area (Å²) in [6.07, 6.45) is 3.62. The molecule has 6 nitrogen and oxygen atoms in total. The largest absolute Gasteiger partial charge is 0.452 e. The third kappa shape index (κ3) is 7.58. The zero-order valence-electron chi connectivity index (χ0n) is 14.3. The second-order valence-corrected chi connectivity index (χ2v) is 5.57. The quantitative estimate of drug-likeness (QED) is 0.594. The highest BCUT2D eigenvalue weighted by molar-refractivity contribution is 5.96. The molecule has 0 aliphatic heterocycles. The number of carbonyl (C=O) groups is 3. The van der Waals surface area contributed by atoms with Gasteiger partial charge >= 0.3 is 12.0 Å². The second-order valence-electron chi connectivity index (χ2n) is 5.57. The molecule has 0 aliphatic carbocycles. The van der Waals surface area contributed by atoms with Gasteiger partial charge in [-0.05, 0) is 29.5 Å². The molecule has 0 fully saturated rings. The van der Waals surface area contributed by atoms with Crippen molar-refractivity contribution in [3.8, 4) is 0 Å². The van der Waals surface area contributed by atoms with Crippen LogP contribution in [0.1, 0.15) is 44.2 Å². The average Bonchev–Trinajstić information content (AvgIpc) is 2.56. The van der Waals surface area contributed by atoms with Gasteiger partial charge in [0.15, 0.2) is 6.61 Å². The standard InChI is InChI=1S/C18H24N2O4/c1-4-11-19-18(23)20-16(21)12-24-17(22)10-7-14-5-8-15(9-6-14)13(2)3/h5-10,13H,4,11-12H2,1-3H3,(H2,19,20,21,23). The minimum absolute atomic E-state index is 0.445. The molecule has 0 saturated heterocycles. The highest BCUT2D eigenvalue weighted by Crippen LogP contribution is 2.15. The number of ether oxygens (including phenoxy) is 1. The van der Waals surface area contributed by atoms with Crippen molar-refractivity contribution >= 4 is 24.0 Å². The van der Waals surface area contributed by atoms with E-state index in [1.54, 1.807) is 6.08 Å². The summed E-state index contributed by atoms with van der Waals surface area (Å²) in [5.74, 6) is -0.875. The number of nitrogens with one attached hydrogen (secondary N) is 2. The van der Waals surface area contributed by atoms with Crippen LogP contribution in [-0.2, 0) is 14.3 Å². The maximum Gasteiger partial charge on any atom is 0.331 e. The van der Waals surface area contributed by atoms with Crippen molar-refractivity contribution in [2.24, 2.45) is 0 Å². The van der Waals surface area contributed by atoms with Gasteiger partial charge in [-0.2, -0.15) is 0 Å². The van der Waals surface area contributed by atoms with Crippen LogP contribution in [0.15, 0.2) is 30.3 Å².